The van der Waals surface area contributed by atoms with E-state index in [9.17, 15) is 0 Å². The molecule has 10 rings (SSSR count). The van der Waals surface area contributed by atoms with E-state index in [0.29, 0.717) is 0 Å². The Kier molecular flexibility index (Phi) is 4.21. The second-order valence-electron chi connectivity index (χ2n) is 11.3. The van der Waals surface area contributed by atoms with Crippen molar-refractivity contribution in [3.05, 3.63) is 146 Å². The molecule has 2 nitrogen and oxygen atoms in total. The van der Waals surface area contributed by atoms with Crippen molar-refractivity contribution in [2.24, 2.45) is 0 Å². The van der Waals surface area contributed by atoms with Crippen molar-refractivity contribution in [2.45, 2.75) is 0 Å². The summed E-state index contributed by atoms with van der Waals surface area (Å²) in [6, 6.07) is 53.3. The summed E-state index contributed by atoms with van der Waals surface area (Å²) in [5.74, 6) is 0. The predicted octanol–water partition coefficient (Wildman–Crippen LogP) is 10.7. The van der Waals surface area contributed by atoms with Crippen LogP contribution in [0.2, 0.25) is 0 Å². The summed E-state index contributed by atoms with van der Waals surface area (Å²) < 4.78 is 4.96. The number of rotatable bonds is 2. The van der Waals surface area contributed by atoms with Crippen LogP contribution in [0.5, 0.6) is 0 Å². The summed E-state index contributed by atoms with van der Waals surface area (Å²) in [7, 11) is 0. The van der Waals surface area contributed by atoms with Crippen molar-refractivity contribution in [2.75, 3.05) is 0 Å². The van der Waals surface area contributed by atoms with Crippen molar-refractivity contribution in [1.82, 2.24) is 9.13 Å². The predicted molar refractivity (Wildman–Crippen MR) is 177 cm³/mol. The first-order valence-corrected chi connectivity index (χ1v) is 14.5. The number of nitrogens with zero attached hydrogens (tertiary/aromatic N) is 2. The molecular formula is C40H24N2. The Labute approximate surface area is 242 Å². The van der Waals surface area contributed by atoms with Gasteiger partial charge in [-0.15, -0.1) is 0 Å². The average molecular weight is 533 g/mol. The largest absolute Gasteiger partial charge is 0.309 e. The highest BCUT2D eigenvalue weighted by Crippen LogP contribution is 2.52. The van der Waals surface area contributed by atoms with Crippen molar-refractivity contribution in [1.29, 1.82) is 0 Å². The normalized spacial score (nSPS) is 12.3. The second kappa shape index (κ2) is 7.99. The van der Waals surface area contributed by atoms with Crippen LogP contribution in [-0.4, -0.2) is 9.13 Å². The molecule has 1 aliphatic carbocycles. The van der Waals surface area contributed by atoms with Crippen LogP contribution < -0.4 is 0 Å². The Hall–Kier alpha value is -5.60. The molecular weight excluding hydrogens is 508 g/mol. The van der Waals surface area contributed by atoms with Crippen LogP contribution in [-0.2, 0) is 0 Å². The smallest absolute Gasteiger partial charge is 0.0641 e. The van der Waals surface area contributed by atoms with Crippen LogP contribution in [0.1, 0.15) is 0 Å². The number of fused-ring (bicyclic) bond motifs is 11. The third-order valence-electron chi connectivity index (χ3n) is 9.22. The fourth-order valence-corrected chi connectivity index (χ4v) is 7.60. The Morgan fingerprint density at radius 1 is 0.310 bits per heavy atom. The molecule has 2 heterocycles. The third-order valence-corrected chi connectivity index (χ3v) is 9.22. The average Bonchev–Trinajstić information content (AvgIpc) is 3.69. The molecule has 7 aromatic carbocycles. The van der Waals surface area contributed by atoms with Crippen LogP contribution in [0.25, 0.3) is 88.0 Å². The Morgan fingerprint density at radius 2 is 0.905 bits per heavy atom. The molecule has 0 spiro atoms. The zero-order valence-electron chi connectivity index (χ0n) is 22.8. The van der Waals surface area contributed by atoms with Crippen LogP contribution in [0.15, 0.2) is 146 Å². The fourth-order valence-electron chi connectivity index (χ4n) is 7.60. The lowest BCUT2D eigenvalue weighted by Crippen LogP contribution is -1.95. The van der Waals surface area contributed by atoms with E-state index in [0.717, 1.165) is 0 Å². The van der Waals surface area contributed by atoms with E-state index < -0.39 is 0 Å². The topological polar surface area (TPSA) is 9.86 Å². The molecule has 194 valence electrons. The lowest BCUT2D eigenvalue weighted by molar-refractivity contribution is 1.18. The Balaban J connectivity index is 1.52. The van der Waals surface area contributed by atoms with Crippen molar-refractivity contribution in [3.8, 4) is 33.6 Å². The number of aromatic nitrogens is 2. The molecule has 9 aromatic rings. The summed E-state index contributed by atoms with van der Waals surface area (Å²) in [6.45, 7) is 0. The van der Waals surface area contributed by atoms with Gasteiger partial charge in [0.2, 0.25) is 0 Å². The second-order valence-corrected chi connectivity index (χ2v) is 11.3. The zero-order chi connectivity index (χ0) is 27.4. The monoisotopic (exact) mass is 532 g/mol. The molecule has 0 aliphatic heterocycles. The summed E-state index contributed by atoms with van der Waals surface area (Å²) in [6.07, 6.45) is 0. The fraction of sp³-hybridized carbons (Fsp3) is 0. The van der Waals surface area contributed by atoms with E-state index in [4.69, 9.17) is 0 Å². The van der Waals surface area contributed by atoms with Gasteiger partial charge in [-0.25, -0.2) is 0 Å². The molecule has 42 heavy (non-hydrogen) atoms. The van der Waals surface area contributed by atoms with E-state index in [-0.39, 0.29) is 0 Å². The van der Waals surface area contributed by atoms with E-state index in [1.807, 2.05) is 0 Å². The maximum absolute atomic E-state index is 2.49. The highest BCUT2D eigenvalue weighted by molar-refractivity contribution is 6.32. The standard InChI is InChI=1S/C40H24N2/c1-3-12-25(13-4-1)41-35-21-10-9-18-29(35)31-22-23-36-38(40(31)41)34-24-33-28-17-8-7-16-27(28)30-19-11-20-32(37(30)33)39(34)42(36)26-14-5-2-6-15-26/h1-24H. The molecule has 0 atom stereocenters. The maximum atomic E-state index is 2.49. The van der Waals surface area contributed by atoms with Gasteiger partial charge >= 0.3 is 0 Å². The molecule has 0 radical (unpaired) electrons. The number of para-hydroxylation sites is 3. The molecule has 0 saturated heterocycles. The molecule has 2 aromatic heterocycles. The molecule has 2 heteroatoms. The molecule has 0 bridgehead atoms. The maximum Gasteiger partial charge on any atom is 0.0641 e. The van der Waals surface area contributed by atoms with Gasteiger partial charge in [0.05, 0.1) is 22.1 Å². The van der Waals surface area contributed by atoms with Gasteiger partial charge in [-0.2, -0.15) is 0 Å². The summed E-state index contributed by atoms with van der Waals surface area (Å²) >= 11 is 0. The van der Waals surface area contributed by atoms with Gasteiger partial charge in [-0.1, -0.05) is 103 Å². The van der Waals surface area contributed by atoms with Gasteiger partial charge in [0.15, 0.2) is 0 Å². The highest BCUT2D eigenvalue weighted by Gasteiger charge is 2.27. The molecule has 0 amide bonds. The number of hydrogen-bond acceptors (Lipinski definition) is 0. The lowest BCUT2D eigenvalue weighted by Gasteiger charge is -2.11. The molecule has 0 fully saturated rings. The third kappa shape index (κ3) is 2.69. The van der Waals surface area contributed by atoms with Crippen LogP contribution in [0.4, 0.5) is 0 Å². The van der Waals surface area contributed by atoms with Crippen molar-refractivity contribution in [3.63, 3.8) is 0 Å². The first kappa shape index (κ1) is 22.1. The minimum absolute atomic E-state index is 1.18. The van der Waals surface area contributed by atoms with Gasteiger partial charge in [0, 0.05) is 38.3 Å². The van der Waals surface area contributed by atoms with Crippen LogP contribution in [0, 0.1) is 0 Å². The van der Waals surface area contributed by atoms with E-state index in [1.165, 1.54) is 88.0 Å². The zero-order valence-corrected chi connectivity index (χ0v) is 22.8. The minimum atomic E-state index is 1.18. The van der Waals surface area contributed by atoms with Gasteiger partial charge in [0.1, 0.15) is 0 Å². The number of benzene rings is 7. The van der Waals surface area contributed by atoms with E-state index in [2.05, 4.69) is 155 Å². The van der Waals surface area contributed by atoms with Gasteiger partial charge in [-0.05, 0) is 70.1 Å². The molecule has 0 unspecified atom stereocenters. The Morgan fingerprint density at radius 3 is 1.67 bits per heavy atom. The van der Waals surface area contributed by atoms with Crippen molar-refractivity contribution < 1.29 is 0 Å². The minimum Gasteiger partial charge on any atom is -0.309 e. The SMILES string of the molecule is c1ccc(-n2c3ccc4c5ccccc5n(-c5ccccc5)c4c3c3cc4c5c(cccc5c32)-c2ccccc2-4)cc1. The Bertz CT molecular complexity index is 2550. The lowest BCUT2D eigenvalue weighted by atomic mass is 9.98. The van der Waals surface area contributed by atoms with Gasteiger partial charge < -0.3 is 9.13 Å². The quantitative estimate of drug-likeness (QED) is 0.210. The molecule has 0 N–H and O–H groups in total. The first-order chi connectivity index (χ1) is 20.9. The molecule has 0 saturated carbocycles. The summed E-state index contributed by atoms with van der Waals surface area (Å²) in [5, 5.41) is 7.78. The highest BCUT2D eigenvalue weighted by atomic mass is 15.0. The molecule has 1 aliphatic rings. The first-order valence-electron chi connectivity index (χ1n) is 14.5. The van der Waals surface area contributed by atoms with Gasteiger partial charge in [0.25, 0.3) is 0 Å². The number of hydrogen-bond donors (Lipinski definition) is 0. The van der Waals surface area contributed by atoms with Crippen LogP contribution >= 0.6 is 0 Å². The van der Waals surface area contributed by atoms with Gasteiger partial charge in [-0.3, -0.25) is 0 Å². The van der Waals surface area contributed by atoms with E-state index >= 15 is 0 Å². The summed E-state index contributed by atoms with van der Waals surface area (Å²) in [4.78, 5) is 0. The van der Waals surface area contributed by atoms with Crippen LogP contribution in [0.3, 0.4) is 0 Å². The van der Waals surface area contributed by atoms with Crippen molar-refractivity contribution >= 4 is 54.4 Å². The van der Waals surface area contributed by atoms with E-state index in [1.54, 1.807) is 0 Å². The summed E-state index contributed by atoms with van der Waals surface area (Å²) in [5.41, 5.74) is 12.6.